The predicted octanol–water partition coefficient (Wildman–Crippen LogP) is 1.80. The monoisotopic (exact) mass is 210 g/mol. The number of hydrogen-bond donors (Lipinski definition) is 0. The van der Waals surface area contributed by atoms with Crippen LogP contribution in [0.4, 0.5) is 0 Å². The van der Waals surface area contributed by atoms with Gasteiger partial charge in [0.1, 0.15) is 11.7 Å². The zero-order chi connectivity index (χ0) is 11.2. The molecule has 15 heavy (non-hydrogen) atoms. The third-order valence-corrected chi connectivity index (χ3v) is 3.90. The van der Waals surface area contributed by atoms with Gasteiger partial charge in [0.15, 0.2) is 0 Å². The lowest BCUT2D eigenvalue weighted by molar-refractivity contribution is -0.149. The molecule has 3 atom stereocenters. The molecule has 0 amide bonds. The maximum absolute atomic E-state index is 11.7. The van der Waals surface area contributed by atoms with Crippen molar-refractivity contribution in [3.05, 3.63) is 0 Å². The Bertz CT molecular complexity index is 298. The summed E-state index contributed by atoms with van der Waals surface area (Å²) in [4.78, 5) is 23.2. The van der Waals surface area contributed by atoms with Crippen molar-refractivity contribution in [3.63, 3.8) is 0 Å². The van der Waals surface area contributed by atoms with E-state index in [1.165, 1.54) is 7.11 Å². The highest BCUT2D eigenvalue weighted by atomic mass is 16.5. The fraction of sp³-hybridized carbons (Fsp3) is 0.833. The van der Waals surface area contributed by atoms with Gasteiger partial charge in [0.25, 0.3) is 0 Å². The maximum Gasteiger partial charge on any atom is 0.316 e. The van der Waals surface area contributed by atoms with Gasteiger partial charge >= 0.3 is 5.97 Å². The first-order valence-corrected chi connectivity index (χ1v) is 5.55. The molecule has 0 heterocycles. The van der Waals surface area contributed by atoms with Crippen LogP contribution in [0.25, 0.3) is 0 Å². The van der Waals surface area contributed by atoms with Crippen LogP contribution < -0.4 is 0 Å². The Balaban J connectivity index is 2.19. The molecule has 2 rings (SSSR count). The van der Waals surface area contributed by atoms with Crippen LogP contribution in [0.2, 0.25) is 0 Å². The van der Waals surface area contributed by atoms with Crippen molar-refractivity contribution in [1.82, 2.24) is 0 Å². The highest BCUT2D eigenvalue weighted by Crippen LogP contribution is 2.53. The van der Waals surface area contributed by atoms with E-state index in [4.69, 9.17) is 4.74 Å². The number of carbonyl (C=O) groups is 2. The van der Waals surface area contributed by atoms with Gasteiger partial charge in [-0.3, -0.25) is 9.59 Å². The lowest BCUT2D eigenvalue weighted by Gasteiger charge is -2.19. The summed E-state index contributed by atoms with van der Waals surface area (Å²) in [5.74, 6) is -0.0594. The number of Topliss-reactive ketones (excluding diaryl/α,β-unsaturated/α-hetero) is 1. The van der Waals surface area contributed by atoms with Crippen molar-refractivity contribution in [2.24, 2.45) is 23.2 Å². The highest BCUT2D eigenvalue weighted by molar-refractivity contribution is 6.01. The minimum absolute atomic E-state index is 0.0901. The molecule has 0 saturated heterocycles. The standard InChI is InChI=1S/C12H18O3/c1-12(2)5-7-4-9(13)10(8(7)6-12)11(14)15-3/h7-8,10H,4-6H2,1-3H3/t7-,8+,10?/m1/s1. The second kappa shape index (κ2) is 3.32. The minimum atomic E-state index is -0.471. The van der Waals surface area contributed by atoms with Gasteiger partial charge < -0.3 is 4.74 Å². The van der Waals surface area contributed by atoms with Gasteiger partial charge in [-0.05, 0) is 30.1 Å². The number of hydrogen-bond acceptors (Lipinski definition) is 3. The molecule has 0 N–H and O–H groups in total. The van der Waals surface area contributed by atoms with Crippen LogP contribution in [0.3, 0.4) is 0 Å². The zero-order valence-corrected chi connectivity index (χ0v) is 9.58. The molecule has 0 aromatic carbocycles. The van der Waals surface area contributed by atoms with Crippen LogP contribution in [0.15, 0.2) is 0 Å². The average Bonchev–Trinajstić information content (AvgIpc) is 2.54. The highest BCUT2D eigenvalue weighted by Gasteiger charge is 2.53. The average molecular weight is 210 g/mol. The topological polar surface area (TPSA) is 43.4 Å². The molecule has 84 valence electrons. The smallest absolute Gasteiger partial charge is 0.316 e. The molecule has 2 aliphatic carbocycles. The summed E-state index contributed by atoms with van der Waals surface area (Å²) in [6, 6.07) is 0. The van der Waals surface area contributed by atoms with Crippen LogP contribution in [-0.4, -0.2) is 18.9 Å². The summed E-state index contributed by atoms with van der Waals surface area (Å²) in [6.45, 7) is 4.42. The van der Waals surface area contributed by atoms with E-state index >= 15 is 0 Å². The van der Waals surface area contributed by atoms with Crippen LogP contribution >= 0.6 is 0 Å². The molecule has 0 aromatic rings. The van der Waals surface area contributed by atoms with Crippen LogP contribution in [0, 0.1) is 23.2 Å². The molecular formula is C12H18O3. The van der Waals surface area contributed by atoms with E-state index in [1.807, 2.05) is 0 Å². The Morgan fingerprint density at radius 3 is 2.67 bits per heavy atom. The van der Waals surface area contributed by atoms with E-state index in [2.05, 4.69) is 13.8 Å². The van der Waals surface area contributed by atoms with E-state index in [0.717, 1.165) is 12.8 Å². The molecule has 0 aromatic heterocycles. The Morgan fingerprint density at radius 2 is 2.07 bits per heavy atom. The van der Waals surface area contributed by atoms with Gasteiger partial charge in [-0.2, -0.15) is 0 Å². The zero-order valence-electron chi connectivity index (χ0n) is 9.58. The number of ether oxygens (including phenoxy) is 1. The Hall–Kier alpha value is -0.860. The molecule has 3 heteroatoms. The van der Waals surface area contributed by atoms with Crippen molar-refractivity contribution in [2.75, 3.05) is 7.11 Å². The normalized spacial score (nSPS) is 37.8. The van der Waals surface area contributed by atoms with Crippen molar-refractivity contribution in [1.29, 1.82) is 0 Å². The Labute approximate surface area is 90.2 Å². The summed E-state index contributed by atoms with van der Waals surface area (Å²) in [6.07, 6.45) is 2.62. The molecule has 2 saturated carbocycles. The largest absolute Gasteiger partial charge is 0.468 e. The minimum Gasteiger partial charge on any atom is -0.468 e. The van der Waals surface area contributed by atoms with Crippen LogP contribution in [0.5, 0.6) is 0 Å². The van der Waals surface area contributed by atoms with E-state index in [0.29, 0.717) is 12.3 Å². The molecule has 2 fully saturated rings. The molecular weight excluding hydrogens is 192 g/mol. The van der Waals surface area contributed by atoms with Gasteiger partial charge in [0, 0.05) is 6.42 Å². The summed E-state index contributed by atoms with van der Waals surface area (Å²) >= 11 is 0. The molecule has 2 aliphatic rings. The van der Waals surface area contributed by atoms with E-state index < -0.39 is 5.92 Å². The second-order valence-corrected chi connectivity index (χ2v) is 5.67. The van der Waals surface area contributed by atoms with Crippen molar-refractivity contribution < 1.29 is 14.3 Å². The lowest BCUT2D eigenvalue weighted by Crippen LogP contribution is -2.27. The summed E-state index contributed by atoms with van der Waals surface area (Å²) in [5, 5.41) is 0. The molecule has 1 unspecified atom stereocenters. The first-order chi connectivity index (χ1) is 6.94. The van der Waals surface area contributed by atoms with Gasteiger partial charge in [-0.15, -0.1) is 0 Å². The molecule has 0 radical (unpaired) electrons. The first kappa shape index (κ1) is 10.7. The Morgan fingerprint density at radius 1 is 1.40 bits per heavy atom. The van der Waals surface area contributed by atoms with Gasteiger partial charge in [-0.1, -0.05) is 13.8 Å². The maximum atomic E-state index is 11.7. The molecule has 0 spiro atoms. The SMILES string of the molecule is COC(=O)C1C(=O)C[C@@H]2CC(C)(C)C[C@H]12. The van der Waals surface area contributed by atoms with Crippen LogP contribution in [-0.2, 0) is 14.3 Å². The van der Waals surface area contributed by atoms with Crippen molar-refractivity contribution in [2.45, 2.75) is 33.1 Å². The molecule has 0 aliphatic heterocycles. The second-order valence-electron chi connectivity index (χ2n) is 5.67. The molecule has 0 bridgehead atoms. The van der Waals surface area contributed by atoms with Gasteiger partial charge in [0.05, 0.1) is 7.11 Å². The quantitative estimate of drug-likeness (QED) is 0.489. The number of methoxy groups -OCH3 is 1. The predicted molar refractivity (Wildman–Crippen MR) is 55.1 cm³/mol. The number of carbonyl (C=O) groups excluding carboxylic acids is 2. The number of fused-ring (bicyclic) bond motifs is 1. The fourth-order valence-electron chi connectivity index (χ4n) is 3.42. The summed E-state index contributed by atoms with van der Waals surface area (Å²) in [7, 11) is 1.36. The Kier molecular flexibility index (Phi) is 2.36. The van der Waals surface area contributed by atoms with Crippen LogP contribution in [0.1, 0.15) is 33.1 Å². The van der Waals surface area contributed by atoms with Crippen molar-refractivity contribution in [3.8, 4) is 0 Å². The van der Waals surface area contributed by atoms with Gasteiger partial charge in [-0.25, -0.2) is 0 Å². The van der Waals surface area contributed by atoms with E-state index in [1.54, 1.807) is 0 Å². The third-order valence-electron chi connectivity index (χ3n) is 3.90. The fourth-order valence-corrected chi connectivity index (χ4v) is 3.42. The summed E-state index contributed by atoms with van der Waals surface area (Å²) < 4.78 is 4.72. The number of ketones is 1. The van der Waals surface area contributed by atoms with Crippen molar-refractivity contribution >= 4 is 11.8 Å². The third kappa shape index (κ3) is 1.68. The molecule has 3 nitrogen and oxygen atoms in total. The van der Waals surface area contributed by atoms with E-state index in [9.17, 15) is 9.59 Å². The summed E-state index contributed by atoms with van der Waals surface area (Å²) in [5.41, 5.74) is 0.280. The number of rotatable bonds is 1. The van der Waals surface area contributed by atoms with Gasteiger partial charge in [0.2, 0.25) is 0 Å². The first-order valence-electron chi connectivity index (χ1n) is 5.55. The van der Waals surface area contributed by atoms with E-state index in [-0.39, 0.29) is 23.1 Å². The number of esters is 1. The lowest BCUT2D eigenvalue weighted by atomic mass is 9.85.